The van der Waals surface area contributed by atoms with Crippen molar-refractivity contribution in [3.8, 4) is 12.3 Å². The molecule has 1 heterocycles. The number of hydrogen-bond donors (Lipinski definition) is 0. The van der Waals surface area contributed by atoms with Crippen molar-refractivity contribution in [1.29, 1.82) is 0 Å². The topological polar surface area (TPSA) is 65.2 Å². The standard InChI is InChI=1S/C14H14N2O3/c1-3-9-18-12(17)6-4-5-11-8-7-10(2)13-14(11)16-19-15-13/h1,7-8H,4-6,9H2,2H3. The van der Waals surface area contributed by atoms with Gasteiger partial charge in [-0.25, -0.2) is 4.63 Å². The molecule has 0 radical (unpaired) electrons. The van der Waals surface area contributed by atoms with Crippen LogP contribution >= 0.6 is 0 Å². The van der Waals surface area contributed by atoms with Gasteiger partial charge in [-0.2, -0.15) is 0 Å². The second-order valence-corrected chi connectivity index (χ2v) is 4.22. The molecular weight excluding hydrogens is 244 g/mol. The lowest BCUT2D eigenvalue weighted by atomic mass is 10.0. The highest BCUT2D eigenvalue weighted by Gasteiger charge is 2.10. The fraction of sp³-hybridized carbons (Fsp3) is 0.357. The number of nitrogens with zero attached hydrogens (tertiary/aromatic N) is 2. The van der Waals surface area contributed by atoms with Gasteiger partial charge in [-0.15, -0.1) is 6.42 Å². The Morgan fingerprint density at radius 1 is 1.42 bits per heavy atom. The summed E-state index contributed by atoms with van der Waals surface area (Å²) in [5, 5.41) is 7.76. The zero-order valence-corrected chi connectivity index (χ0v) is 10.7. The largest absolute Gasteiger partial charge is 0.452 e. The molecule has 5 nitrogen and oxygen atoms in total. The van der Waals surface area contributed by atoms with Crippen LogP contribution in [0.1, 0.15) is 24.0 Å². The smallest absolute Gasteiger partial charge is 0.306 e. The second-order valence-electron chi connectivity index (χ2n) is 4.22. The normalized spacial score (nSPS) is 10.3. The molecule has 2 rings (SSSR count). The van der Waals surface area contributed by atoms with E-state index in [1.54, 1.807) is 0 Å². The molecule has 98 valence electrons. The third kappa shape index (κ3) is 3.10. The van der Waals surface area contributed by atoms with Gasteiger partial charge in [0.15, 0.2) is 6.61 Å². The van der Waals surface area contributed by atoms with Crippen LogP contribution in [0.5, 0.6) is 0 Å². The quantitative estimate of drug-likeness (QED) is 0.606. The number of aromatic nitrogens is 2. The lowest BCUT2D eigenvalue weighted by Gasteiger charge is -2.03. The van der Waals surface area contributed by atoms with Crippen molar-refractivity contribution >= 4 is 17.0 Å². The molecule has 2 aromatic rings. The maximum atomic E-state index is 11.3. The van der Waals surface area contributed by atoms with Crippen molar-refractivity contribution in [2.75, 3.05) is 6.61 Å². The SMILES string of the molecule is C#CCOC(=O)CCCc1ccc(C)c2nonc12. The van der Waals surface area contributed by atoms with Gasteiger partial charge in [0.05, 0.1) is 0 Å². The van der Waals surface area contributed by atoms with E-state index in [4.69, 9.17) is 15.8 Å². The van der Waals surface area contributed by atoms with E-state index in [0.717, 1.165) is 28.6 Å². The molecular formula is C14H14N2O3. The molecule has 1 aromatic heterocycles. The lowest BCUT2D eigenvalue weighted by Crippen LogP contribution is -2.05. The lowest BCUT2D eigenvalue weighted by molar-refractivity contribution is -0.142. The van der Waals surface area contributed by atoms with Crippen molar-refractivity contribution in [2.45, 2.75) is 26.2 Å². The molecule has 0 unspecified atom stereocenters. The van der Waals surface area contributed by atoms with E-state index in [0.29, 0.717) is 12.8 Å². The first kappa shape index (κ1) is 13.1. The van der Waals surface area contributed by atoms with E-state index in [2.05, 4.69) is 16.2 Å². The van der Waals surface area contributed by atoms with Crippen molar-refractivity contribution < 1.29 is 14.2 Å². The van der Waals surface area contributed by atoms with Crippen molar-refractivity contribution in [2.24, 2.45) is 0 Å². The van der Waals surface area contributed by atoms with Gasteiger partial charge in [-0.05, 0) is 41.2 Å². The summed E-state index contributed by atoms with van der Waals surface area (Å²) in [4.78, 5) is 11.3. The van der Waals surface area contributed by atoms with E-state index in [1.165, 1.54) is 0 Å². The minimum Gasteiger partial charge on any atom is -0.452 e. The van der Waals surface area contributed by atoms with Gasteiger partial charge in [0.25, 0.3) is 0 Å². The Morgan fingerprint density at radius 2 is 2.21 bits per heavy atom. The fourth-order valence-electron chi connectivity index (χ4n) is 1.86. The van der Waals surface area contributed by atoms with E-state index in [1.807, 2.05) is 19.1 Å². The van der Waals surface area contributed by atoms with E-state index in [-0.39, 0.29) is 12.6 Å². The molecule has 0 saturated carbocycles. The maximum Gasteiger partial charge on any atom is 0.306 e. The van der Waals surface area contributed by atoms with Crippen LogP contribution in [0.3, 0.4) is 0 Å². The zero-order chi connectivity index (χ0) is 13.7. The van der Waals surface area contributed by atoms with Crippen LogP contribution in [0.4, 0.5) is 0 Å². The average Bonchev–Trinajstić information content (AvgIpc) is 2.89. The fourth-order valence-corrected chi connectivity index (χ4v) is 1.86. The van der Waals surface area contributed by atoms with Crippen LogP contribution in [0.15, 0.2) is 16.8 Å². The summed E-state index contributed by atoms with van der Waals surface area (Å²) < 4.78 is 9.55. The molecule has 0 aliphatic rings. The minimum absolute atomic E-state index is 0.0286. The van der Waals surface area contributed by atoms with Crippen molar-refractivity contribution in [3.63, 3.8) is 0 Å². The number of esters is 1. The van der Waals surface area contributed by atoms with E-state index >= 15 is 0 Å². The van der Waals surface area contributed by atoms with Gasteiger partial charge in [-0.3, -0.25) is 4.79 Å². The Balaban J connectivity index is 1.95. The number of fused-ring (bicyclic) bond motifs is 1. The van der Waals surface area contributed by atoms with Crippen LogP contribution in [-0.2, 0) is 16.0 Å². The highest BCUT2D eigenvalue weighted by atomic mass is 16.6. The number of benzene rings is 1. The Hall–Kier alpha value is -2.35. The summed E-state index contributed by atoms with van der Waals surface area (Å²) in [6.45, 7) is 1.98. The highest BCUT2D eigenvalue weighted by Crippen LogP contribution is 2.20. The summed E-state index contributed by atoms with van der Waals surface area (Å²) >= 11 is 0. The highest BCUT2D eigenvalue weighted by molar-refractivity contribution is 5.80. The van der Waals surface area contributed by atoms with Gasteiger partial charge in [0, 0.05) is 6.42 Å². The van der Waals surface area contributed by atoms with Gasteiger partial charge in [-0.1, -0.05) is 18.1 Å². The number of carbonyl (C=O) groups is 1. The average molecular weight is 258 g/mol. The summed E-state index contributed by atoms with van der Waals surface area (Å²) in [6.07, 6.45) is 6.74. The third-order valence-electron chi connectivity index (χ3n) is 2.84. The number of hydrogen-bond acceptors (Lipinski definition) is 5. The first-order valence-corrected chi connectivity index (χ1v) is 6.02. The molecule has 0 N–H and O–H groups in total. The molecule has 19 heavy (non-hydrogen) atoms. The molecule has 0 atom stereocenters. The Bertz CT molecular complexity index is 625. The number of ether oxygens (including phenoxy) is 1. The zero-order valence-electron chi connectivity index (χ0n) is 10.7. The molecule has 0 saturated heterocycles. The first-order chi connectivity index (χ1) is 9.22. The van der Waals surface area contributed by atoms with Crippen LogP contribution in [0.25, 0.3) is 11.0 Å². The van der Waals surface area contributed by atoms with E-state index < -0.39 is 0 Å². The number of rotatable bonds is 5. The van der Waals surface area contributed by atoms with Crippen LogP contribution in [0.2, 0.25) is 0 Å². The Labute approximate surface area is 110 Å². The minimum atomic E-state index is -0.278. The molecule has 0 amide bonds. The maximum absolute atomic E-state index is 11.3. The number of carbonyl (C=O) groups excluding carboxylic acids is 1. The van der Waals surface area contributed by atoms with Crippen LogP contribution in [-0.4, -0.2) is 22.9 Å². The third-order valence-corrected chi connectivity index (χ3v) is 2.84. The predicted molar refractivity (Wildman–Crippen MR) is 69.3 cm³/mol. The molecule has 0 aliphatic heterocycles. The molecule has 0 spiro atoms. The molecule has 5 heteroatoms. The summed E-state index contributed by atoms with van der Waals surface area (Å²) in [6, 6.07) is 3.95. The Morgan fingerprint density at radius 3 is 3.00 bits per heavy atom. The molecule has 1 aromatic carbocycles. The number of aryl methyl sites for hydroxylation is 2. The summed E-state index contributed by atoms with van der Waals surface area (Å²) in [5.74, 6) is 1.98. The molecule has 0 fully saturated rings. The summed E-state index contributed by atoms with van der Waals surface area (Å²) in [5.41, 5.74) is 3.57. The monoisotopic (exact) mass is 258 g/mol. The van der Waals surface area contributed by atoms with E-state index in [9.17, 15) is 4.79 Å². The van der Waals surface area contributed by atoms with Crippen LogP contribution in [0, 0.1) is 19.3 Å². The van der Waals surface area contributed by atoms with Gasteiger partial charge in [0.2, 0.25) is 0 Å². The number of terminal acetylenes is 1. The molecule has 0 bridgehead atoms. The van der Waals surface area contributed by atoms with Gasteiger partial charge < -0.3 is 4.74 Å². The molecule has 0 aliphatic carbocycles. The first-order valence-electron chi connectivity index (χ1n) is 6.02. The second kappa shape index (κ2) is 6.01. The van der Waals surface area contributed by atoms with Crippen molar-refractivity contribution in [3.05, 3.63) is 23.3 Å². The summed E-state index contributed by atoms with van der Waals surface area (Å²) in [7, 11) is 0. The van der Waals surface area contributed by atoms with Gasteiger partial charge >= 0.3 is 5.97 Å². The predicted octanol–water partition coefficient (Wildman–Crippen LogP) is 2.03. The van der Waals surface area contributed by atoms with Gasteiger partial charge in [0.1, 0.15) is 11.0 Å². The van der Waals surface area contributed by atoms with Crippen LogP contribution < -0.4 is 0 Å². The Kier molecular flexibility index (Phi) is 4.14. The van der Waals surface area contributed by atoms with Crippen molar-refractivity contribution in [1.82, 2.24) is 10.3 Å².